The average molecular weight is 368 g/mol. The number of nitriles is 1. The Morgan fingerprint density at radius 3 is 1.96 bits per heavy atom. The molecular formula is C21H34ClNS. The van der Waals surface area contributed by atoms with Crippen LogP contribution in [0.5, 0.6) is 0 Å². The Morgan fingerprint density at radius 2 is 1.46 bits per heavy atom. The van der Waals surface area contributed by atoms with Gasteiger partial charge in [-0.05, 0) is 23.7 Å². The fourth-order valence-electron chi connectivity index (χ4n) is 3.19. The van der Waals surface area contributed by atoms with E-state index in [0.29, 0.717) is 5.92 Å². The van der Waals surface area contributed by atoms with Crippen molar-refractivity contribution in [3.8, 4) is 6.07 Å². The molecule has 2 atom stereocenters. The van der Waals surface area contributed by atoms with Crippen LogP contribution >= 0.6 is 25.0 Å². The molecule has 0 bridgehead atoms. The summed E-state index contributed by atoms with van der Waals surface area (Å²) < 4.78 is 0. The molecule has 0 N–H and O–H groups in total. The molecule has 2 unspecified atom stereocenters. The second-order valence-electron chi connectivity index (χ2n) is 6.58. The average Bonchev–Trinajstić information content (AvgIpc) is 2.60. The third-order valence-electron chi connectivity index (χ3n) is 4.68. The number of hydrogen-bond acceptors (Lipinski definition) is 2. The summed E-state index contributed by atoms with van der Waals surface area (Å²) in [4.78, 5) is 0. The van der Waals surface area contributed by atoms with Crippen LogP contribution in [0.3, 0.4) is 0 Å². The van der Waals surface area contributed by atoms with Crippen LogP contribution in [0, 0.1) is 17.2 Å². The summed E-state index contributed by atoms with van der Waals surface area (Å²) in [6.07, 6.45) is 13.3. The first-order valence-electron chi connectivity index (χ1n) is 9.38. The normalized spacial score (nSPS) is 12.9. The summed E-state index contributed by atoms with van der Waals surface area (Å²) in [6.45, 7) is 2.27. The summed E-state index contributed by atoms with van der Waals surface area (Å²) in [6, 6.07) is 12.7. The molecule has 0 aliphatic carbocycles. The van der Waals surface area contributed by atoms with E-state index in [1.165, 1.54) is 57.8 Å². The predicted octanol–water partition coefficient (Wildman–Crippen LogP) is 7.18. The second kappa shape index (κ2) is 15.9. The van der Waals surface area contributed by atoms with Crippen LogP contribution in [0.15, 0.2) is 30.3 Å². The molecule has 0 radical (unpaired) electrons. The molecule has 0 saturated heterocycles. The lowest BCUT2D eigenvalue weighted by Crippen LogP contribution is -2.13. The molecule has 0 saturated carbocycles. The van der Waals surface area contributed by atoms with Crippen molar-refractivity contribution in [3.63, 3.8) is 0 Å². The Bertz CT molecular complexity index is 429. The Hall–Kier alpha value is -0.650. The summed E-state index contributed by atoms with van der Waals surface area (Å²) in [5.74, 6) is 1.16. The zero-order chi connectivity index (χ0) is 16.8. The number of hydrogen-bond donors (Lipinski definition) is 1. The topological polar surface area (TPSA) is 23.8 Å². The lowest BCUT2D eigenvalue weighted by molar-refractivity contribution is 0.458. The van der Waals surface area contributed by atoms with E-state index in [1.54, 1.807) is 0 Å². The van der Waals surface area contributed by atoms with Gasteiger partial charge in [-0.3, -0.25) is 0 Å². The quantitative estimate of drug-likeness (QED) is 0.289. The molecule has 0 fully saturated rings. The molecule has 0 heterocycles. The Kier molecular flexibility index (Phi) is 15.4. The summed E-state index contributed by atoms with van der Waals surface area (Å²) >= 11 is 4.50. The zero-order valence-electron chi connectivity index (χ0n) is 15.1. The van der Waals surface area contributed by atoms with Crippen molar-refractivity contribution in [1.29, 1.82) is 5.26 Å². The van der Waals surface area contributed by atoms with Crippen LogP contribution in [0.25, 0.3) is 0 Å². The minimum Gasteiger partial charge on any atom is -0.198 e. The zero-order valence-corrected chi connectivity index (χ0v) is 16.8. The summed E-state index contributed by atoms with van der Waals surface area (Å²) in [5, 5.41) is 9.54. The Morgan fingerprint density at radius 1 is 0.917 bits per heavy atom. The molecule has 1 aromatic carbocycles. The molecule has 24 heavy (non-hydrogen) atoms. The van der Waals surface area contributed by atoms with Gasteiger partial charge in [0.25, 0.3) is 0 Å². The lowest BCUT2D eigenvalue weighted by atomic mass is 9.85. The minimum atomic E-state index is -0.0113. The Labute approximate surface area is 161 Å². The highest BCUT2D eigenvalue weighted by molar-refractivity contribution is 7.80. The maximum atomic E-state index is 9.54. The highest BCUT2D eigenvalue weighted by atomic mass is 35.5. The molecule has 0 aromatic heterocycles. The molecule has 0 aliphatic rings. The lowest BCUT2D eigenvalue weighted by Gasteiger charge is -2.20. The minimum absolute atomic E-state index is 0. The molecule has 136 valence electrons. The number of rotatable bonds is 13. The molecule has 1 aromatic rings. The number of benzene rings is 1. The van der Waals surface area contributed by atoms with E-state index < -0.39 is 0 Å². The van der Waals surface area contributed by atoms with Gasteiger partial charge < -0.3 is 0 Å². The van der Waals surface area contributed by atoms with Crippen molar-refractivity contribution in [2.45, 2.75) is 77.0 Å². The predicted molar refractivity (Wildman–Crippen MR) is 111 cm³/mol. The monoisotopic (exact) mass is 367 g/mol. The maximum Gasteiger partial charge on any atom is 0.0748 e. The molecule has 0 amide bonds. The summed E-state index contributed by atoms with van der Waals surface area (Å²) in [7, 11) is 0. The Balaban J connectivity index is 0.00000529. The van der Waals surface area contributed by atoms with E-state index in [0.717, 1.165) is 17.7 Å². The molecule has 0 aliphatic heterocycles. The van der Waals surface area contributed by atoms with E-state index in [9.17, 15) is 5.26 Å². The molecule has 1 nitrogen and oxygen atoms in total. The molecule has 1 rings (SSSR count). The van der Waals surface area contributed by atoms with Crippen LogP contribution in [0.4, 0.5) is 0 Å². The van der Waals surface area contributed by atoms with Gasteiger partial charge in [0.05, 0.1) is 12.0 Å². The number of nitrogens with zero attached hydrogens (tertiary/aromatic N) is 1. The highest BCUT2D eigenvalue weighted by Gasteiger charge is 2.21. The van der Waals surface area contributed by atoms with Gasteiger partial charge in [-0.2, -0.15) is 17.9 Å². The van der Waals surface area contributed by atoms with E-state index >= 15 is 0 Å². The van der Waals surface area contributed by atoms with E-state index in [4.69, 9.17) is 0 Å². The van der Waals surface area contributed by atoms with Crippen molar-refractivity contribution in [2.24, 2.45) is 5.92 Å². The van der Waals surface area contributed by atoms with Gasteiger partial charge in [0, 0.05) is 0 Å². The van der Waals surface area contributed by atoms with Gasteiger partial charge in [0.1, 0.15) is 0 Å². The smallest absolute Gasteiger partial charge is 0.0748 e. The van der Waals surface area contributed by atoms with Gasteiger partial charge in [-0.1, -0.05) is 95.0 Å². The van der Waals surface area contributed by atoms with Crippen molar-refractivity contribution >= 4 is 25.0 Å². The van der Waals surface area contributed by atoms with Gasteiger partial charge in [0.2, 0.25) is 0 Å². The maximum absolute atomic E-state index is 9.54. The fraction of sp³-hybridized carbons (Fsp3) is 0.667. The standard InChI is InChI=1S/C21H33NS.ClH/c1-2-3-4-5-6-7-8-9-11-16-20(18-23)21(17-22)19-14-12-10-13-15-19;/h10,12-15,20-21,23H,2-9,11,16,18H2,1H3;1H. The van der Waals surface area contributed by atoms with Crippen LogP contribution in [-0.2, 0) is 0 Å². The van der Waals surface area contributed by atoms with E-state index in [2.05, 4.69) is 37.8 Å². The van der Waals surface area contributed by atoms with Gasteiger partial charge in [-0.25, -0.2) is 0 Å². The molecule has 0 spiro atoms. The van der Waals surface area contributed by atoms with Crippen LogP contribution in [-0.4, -0.2) is 5.75 Å². The van der Waals surface area contributed by atoms with Gasteiger partial charge >= 0.3 is 0 Å². The van der Waals surface area contributed by atoms with Gasteiger partial charge in [-0.15, -0.1) is 12.4 Å². The van der Waals surface area contributed by atoms with Crippen LogP contribution in [0.1, 0.15) is 82.6 Å². The van der Waals surface area contributed by atoms with Crippen molar-refractivity contribution in [3.05, 3.63) is 35.9 Å². The SMILES string of the molecule is CCCCCCCCCCCC(CS)C(C#N)c1ccccc1.Cl. The first-order chi connectivity index (χ1) is 11.3. The van der Waals surface area contributed by atoms with Crippen molar-refractivity contribution < 1.29 is 0 Å². The summed E-state index contributed by atoms with van der Waals surface area (Å²) in [5.41, 5.74) is 1.14. The van der Waals surface area contributed by atoms with Crippen LogP contribution < -0.4 is 0 Å². The number of halogens is 1. The molecular weight excluding hydrogens is 334 g/mol. The third kappa shape index (κ3) is 9.60. The molecule has 3 heteroatoms. The van der Waals surface area contributed by atoms with Crippen LogP contribution in [0.2, 0.25) is 0 Å². The third-order valence-corrected chi connectivity index (χ3v) is 5.15. The highest BCUT2D eigenvalue weighted by Crippen LogP contribution is 2.29. The van der Waals surface area contributed by atoms with E-state index in [1.807, 2.05) is 18.2 Å². The second-order valence-corrected chi connectivity index (χ2v) is 6.94. The largest absolute Gasteiger partial charge is 0.198 e. The number of thiol groups is 1. The fourth-order valence-corrected chi connectivity index (χ4v) is 3.59. The number of unbranched alkanes of at least 4 members (excludes halogenated alkanes) is 8. The van der Waals surface area contributed by atoms with E-state index in [-0.39, 0.29) is 18.3 Å². The first-order valence-corrected chi connectivity index (χ1v) is 10.0. The van der Waals surface area contributed by atoms with Crippen molar-refractivity contribution in [1.82, 2.24) is 0 Å². The van der Waals surface area contributed by atoms with Crippen molar-refractivity contribution in [2.75, 3.05) is 5.75 Å². The first kappa shape index (κ1) is 23.4. The van der Waals surface area contributed by atoms with Gasteiger partial charge in [0.15, 0.2) is 0 Å².